The van der Waals surface area contributed by atoms with Gasteiger partial charge in [0.05, 0.1) is 24.8 Å². The maximum Gasteiger partial charge on any atom is 0.295 e. The molecule has 0 aromatic heterocycles. The van der Waals surface area contributed by atoms with Gasteiger partial charge in [-0.05, 0) is 25.1 Å². The van der Waals surface area contributed by atoms with Gasteiger partial charge in [0.25, 0.3) is 11.7 Å². The smallest absolute Gasteiger partial charge is 0.295 e. The molecule has 0 bridgehead atoms. The molecule has 0 aliphatic carbocycles. The molecule has 152 valence electrons. The number of nitrogens with zero attached hydrogens (tertiary/aromatic N) is 1. The minimum atomic E-state index is -1.05. The number of halogens is 1. The molecule has 0 saturated carbocycles. The Labute approximate surface area is 168 Å². The molecule has 0 spiro atoms. The molecule has 7 heteroatoms. The molecule has 2 aromatic carbocycles. The number of carbonyl (C=O) groups excluding carboxylic acids is 2. The second kappa shape index (κ2) is 8.87. The topological polar surface area (TPSA) is 76.1 Å². The average Bonchev–Trinajstić information content (AvgIpc) is 2.97. The zero-order chi connectivity index (χ0) is 21.0. The first-order valence-electron chi connectivity index (χ1n) is 9.24. The van der Waals surface area contributed by atoms with E-state index in [4.69, 9.17) is 9.47 Å². The van der Waals surface area contributed by atoms with E-state index in [0.717, 1.165) is 0 Å². The van der Waals surface area contributed by atoms with Gasteiger partial charge in [0, 0.05) is 24.8 Å². The van der Waals surface area contributed by atoms with Crippen molar-refractivity contribution in [1.82, 2.24) is 4.90 Å². The Morgan fingerprint density at radius 2 is 1.93 bits per heavy atom. The minimum absolute atomic E-state index is 0.0792. The maximum absolute atomic E-state index is 14.6. The molecular weight excluding hydrogens is 377 g/mol. The molecule has 0 radical (unpaired) electrons. The van der Waals surface area contributed by atoms with Crippen LogP contribution >= 0.6 is 0 Å². The summed E-state index contributed by atoms with van der Waals surface area (Å²) in [4.78, 5) is 26.7. The van der Waals surface area contributed by atoms with E-state index < -0.39 is 23.5 Å². The first-order chi connectivity index (χ1) is 14.0. The lowest BCUT2D eigenvalue weighted by molar-refractivity contribution is -0.140. The number of aliphatic hydroxyl groups is 1. The van der Waals surface area contributed by atoms with Crippen LogP contribution in [0.25, 0.3) is 5.76 Å². The minimum Gasteiger partial charge on any atom is -0.507 e. The van der Waals surface area contributed by atoms with Crippen LogP contribution in [0.3, 0.4) is 0 Å². The van der Waals surface area contributed by atoms with Crippen molar-refractivity contribution in [2.24, 2.45) is 0 Å². The van der Waals surface area contributed by atoms with Crippen LogP contribution in [0.5, 0.6) is 5.75 Å². The first kappa shape index (κ1) is 20.5. The Balaban J connectivity index is 2.16. The Kier molecular flexibility index (Phi) is 6.29. The number of ether oxygens (including phenoxy) is 2. The largest absolute Gasteiger partial charge is 0.507 e. The van der Waals surface area contributed by atoms with Crippen LogP contribution in [0.15, 0.2) is 54.1 Å². The number of methoxy groups -OCH3 is 1. The summed E-state index contributed by atoms with van der Waals surface area (Å²) in [6.45, 7) is 2.50. The lowest BCUT2D eigenvalue weighted by Gasteiger charge is -2.25. The van der Waals surface area contributed by atoms with Gasteiger partial charge in [-0.1, -0.05) is 30.3 Å². The van der Waals surface area contributed by atoms with E-state index in [-0.39, 0.29) is 30.0 Å². The number of amides is 1. The summed E-state index contributed by atoms with van der Waals surface area (Å²) < 4.78 is 25.1. The molecule has 29 heavy (non-hydrogen) atoms. The van der Waals surface area contributed by atoms with Gasteiger partial charge in [0.2, 0.25) is 0 Å². The predicted octanol–water partition coefficient (Wildman–Crippen LogP) is 3.29. The second-order valence-electron chi connectivity index (χ2n) is 6.47. The van der Waals surface area contributed by atoms with Crippen molar-refractivity contribution < 1.29 is 28.6 Å². The van der Waals surface area contributed by atoms with E-state index in [1.807, 2.05) is 6.92 Å². The molecule has 1 aliphatic heterocycles. The molecule has 1 aliphatic rings. The van der Waals surface area contributed by atoms with Crippen molar-refractivity contribution in [3.8, 4) is 5.75 Å². The molecule has 2 aromatic rings. The number of likely N-dealkylation sites (tertiary alicyclic amines) is 1. The Bertz CT molecular complexity index is 956. The molecule has 6 nitrogen and oxygen atoms in total. The third kappa shape index (κ3) is 4.00. The highest BCUT2D eigenvalue weighted by atomic mass is 19.1. The van der Waals surface area contributed by atoms with Crippen LogP contribution < -0.4 is 4.74 Å². The Morgan fingerprint density at radius 1 is 1.17 bits per heavy atom. The van der Waals surface area contributed by atoms with Gasteiger partial charge >= 0.3 is 0 Å². The molecule has 1 saturated heterocycles. The number of aliphatic hydroxyl groups excluding tert-OH is 1. The third-order valence-corrected chi connectivity index (χ3v) is 4.69. The highest BCUT2D eigenvalue weighted by molar-refractivity contribution is 6.46. The summed E-state index contributed by atoms with van der Waals surface area (Å²) in [6.07, 6.45) is 0. The van der Waals surface area contributed by atoms with Gasteiger partial charge in [-0.15, -0.1) is 0 Å². The van der Waals surface area contributed by atoms with Gasteiger partial charge in [-0.25, -0.2) is 4.39 Å². The fourth-order valence-corrected chi connectivity index (χ4v) is 3.38. The summed E-state index contributed by atoms with van der Waals surface area (Å²) in [5.41, 5.74) is 0.275. The van der Waals surface area contributed by atoms with Gasteiger partial charge in [-0.2, -0.15) is 0 Å². The summed E-state index contributed by atoms with van der Waals surface area (Å²) in [6, 6.07) is 11.4. The quantitative estimate of drug-likeness (QED) is 0.439. The van der Waals surface area contributed by atoms with Crippen LogP contribution in [-0.2, 0) is 14.3 Å². The molecule has 1 unspecified atom stereocenters. The summed E-state index contributed by atoms with van der Waals surface area (Å²) in [5, 5.41) is 10.9. The van der Waals surface area contributed by atoms with Crippen molar-refractivity contribution in [3.63, 3.8) is 0 Å². The number of ketones is 1. The molecule has 1 atom stereocenters. The van der Waals surface area contributed by atoms with E-state index in [2.05, 4.69) is 0 Å². The Morgan fingerprint density at radius 3 is 2.62 bits per heavy atom. The SMILES string of the molecule is CCOc1cccc(C(O)=C2C(=O)C(=O)N(CCOC)C2c2ccccc2F)c1. The number of Topliss-reactive ketones (excluding diaryl/α,β-unsaturated/α-hetero) is 1. The van der Waals surface area contributed by atoms with Crippen LogP contribution in [0.1, 0.15) is 24.1 Å². The van der Waals surface area contributed by atoms with Crippen molar-refractivity contribution in [1.29, 1.82) is 0 Å². The molecule has 1 N–H and O–H groups in total. The van der Waals surface area contributed by atoms with Gasteiger partial charge in [0.1, 0.15) is 17.3 Å². The van der Waals surface area contributed by atoms with Crippen molar-refractivity contribution in [2.75, 3.05) is 26.9 Å². The molecular formula is C22H22FNO5. The molecule has 1 heterocycles. The van der Waals surface area contributed by atoms with Crippen LogP contribution in [-0.4, -0.2) is 48.6 Å². The van der Waals surface area contributed by atoms with E-state index in [1.54, 1.807) is 30.3 Å². The first-order valence-corrected chi connectivity index (χ1v) is 9.24. The van der Waals surface area contributed by atoms with E-state index in [1.165, 1.54) is 30.2 Å². The van der Waals surface area contributed by atoms with Gasteiger partial charge in [0.15, 0.2) is 0 Å². The number of carbonyl (C=O) groups is 2. The van der Waals surface area contributed by atoms with E-state index in [9.17, 15) is 19.1 Å². The zero-order valence-electron chi connectivity index (χ0n) is 16.2. The fraction of sp³-hybridized carbons (Fsp3) is 0.273. The second-order valence-corrected chi connectivity index (χ2v) is 6.47. The highest BCUT2D eigenvalue weighted by Crippen LogP contribution is 2.40. The lowest BCUT2D eigenvalue weighted by Crippen LogP contribution is -2.33. The van der Waals surface area contributed by atoms with Gasteiger partial charge in [-0.3, -0.25) is 9.59 Å². The monoisotopic (exact) mass is 399 g/mol. The van der Waals surface area contributed by atoms with Gasteiger partial charge < -0.3 is 19.5 Å². The number of rotatable bonds is 7. The lowest BCUT2D eigenvalue weighted by atomic mass is 9.95. The van der Waals surface area contributed by atoms with Crippen LogP contribution in [0, 0.1) is 5.82 Å². The predicted molar refractivity (Wildman–Crippen MR) is 105 cm³/mol. The Hall–Kier alpha value is -3.19. The number of hydrogen-bond donors (Lipinski definition) is 1. The van der Waals surface area contributed by atoms with Crippen LogP contribution in [0.2, 0.25) is 0 Å². The summed E-state index contributed by atoms with van der Waals surface area (Å²) in [7, 11) is 1.47. The third-order valence-electron chi connectivity index (χ3n) is 4.69. The number of benzene rings is 2. The number of hydrogen-bond acceptors (Lipinski definition) is 5. The van der Waals surface area contributed by atoms with Crippen LogP contribution in [0.4, 0.5) is 4.39 Å². The summed E-state index contributed by atoms with van der Waals surface area (Å²) in [5.74, 6) is -2.12. The standard InChI is InChI=1S/C22H22FNO5/c1-3-29-15-8-6-7-14(13-15)20(25)18-19(16-9-4-5-10-17(16)23)24(11-12-28-2)22(27)21(18)26/h4-10,13,19,25H,3,11-12H2,1-2H3. The molecule has 3 rings (SSSR count). The average molecular weight is 399 g/mol. The van der Waals surface area contributed by atoms with Crippen molar-refractivity contribution in [3.05, 3.63) is 71.0 Å². The fourth-order valence-electron chi connectivity index (χ4n) is 3.38. The summed E-state index contributed by atoms with van der Waals surface area (Å²) >= 11 is 0. The van der Waals surface area contributed by atoms with E-state index in [0.29, 0.717) is 17.9 Å². The normalized spacial score (nSPS) is 18.3. The van der Waals surface area contributed by atoms with Crippen molar-refractivity contribution in [2.45, 2.75) is 13.0 Å². The molecule has 1 amide bonds. The zero-order valence-corrected chi connectivity index (χ0v) is 16.2. The van der Waals surface area contributed by atoms with E-state index >= 15 is 0 Å². The highest BCUT2D eigenvalue weighted by Gasteiger charge is 2.46. The maximum atomic E-state index is 14.6. The van der Waals surface area contributed by atoms with Crippen molar-refractivity contribution >= 4 is 17.4 Å². The molecule has 1 fully saturated rings.